The minimum Gasteiger partial charge on any atom is -0.392 e. The molecule has 0 amide bonds. The van der Waals surface area contributed by atoms with Gasteiger partial charge in [0.15, 0.2) is 9.84 Å². The first-order valence-electron chi connectivity index (χ1n) is 5.72. The molecule has 0 saturated carbocycles. The molecule has 0 aromatic rings. The van der Waals surface area contributed by atoms with Crippen molar-refractivity contribution in [2.75, 3.05) is 18.8 Å². The van der Waals surface area contributed by atoms with Crippen LogP contribution >= 0.6 is 12.2 Å². The van der Waals surface area contributed by atoms with Crippen LogP contribution in [0.25, 0.3) is 0 Å². The van der Waals surface area contributed by atoms with E-state index in [0.717, 1.165) is 0 Å². The number of nitrogens with two attached hydrogens (primary N) is 1. The van der Waals surface area contributed by atoms with E-state index in [2.05, 4.69) is 0 Å². The molecule has 17 heavy (non-hydrogen) atoms. The van der Waals surface area contributed by atoms with Crippen molar-refractivity contribution in [1.29, 1.82) is 0 Å². The maximum absolute atomic E-state index is 12.0. The van der Waals surface area contributed by atoms with Gasteiger partial charge in [-0.25, -0.2) is 8.42 Å². The minimum atomic E-state index is -3.09. The van der Waals surface area contributed by atoms with Crippen molar-refractivity contribution in [2.24, 2.45) is 5.73 Å². The van der Waals surface area contributed by atoms with Gasteiger partial charge in [-0.3, -0.25) is 4.90 Å². The Morgan fingerprint density at radius 2 is 1.82 bits per heavy atom. The van der Waals surface area contributed by atoms with Gasteiger partial charge in [-0.2, -0.15) is 0 Å². The second-order valence-electron chi connectivity index (χ2n) is 5.46. The van der Waals surface area contributed by atoms with E-state index < -0.39 is 14.6 Å². The minimum absolute atomic E-state index is 0.136. The van der Waals surface area contributed by atoms with Gasteiger partial charge >= 0.3 is 0 Å². The summed E-state index contributed by atoms with van der Waals surface area (Å²) in [4.78, 5) is 2.37. The first-order valence-corrected chi connectivity index (χ1v) is 7.78. The molecule has 0 radical (unpaired) electrons. The largest absolute Gasteiger partial charge is 0.392 e. The predicted octanol–water partition coefficient (Wildman–Crippen LogP) is 1.20. The van der Waals surface area contributed by atoms with Crippen LogP contribution in [0.3, 0.4) is 0 Å². The molecule has 0 aliphatic carbocycles. The molecule has 102 valence electrons. The molecule has 0 bridgehead atoms. The summed E-state index contributed by atoms with van der Waals surface area (Å²) in [6.45, 7) is 10.1. The number of thiocarbonyl (C=S) groups is 1. The molecule has 0 spiro atoms. The van der Waals surface area contributed by atoms with E-state index in [1.165, 1.54) is 0 Å². The summed E-state index contributed by atoms with van der Waals surface area (Å²) in [5.74, 6) is 0.136. The lowest BCUT2D eigenvalue weighted by Crippen LogP contribution is -2.42. The molecule has 0 rings (SSSR count). The lowest BCUT2D eigenvalue weighted by Gasteiger charge is -2.27. The van der Waals surface area contributed by atoms with E-state index in [4.69, 9.17) is 18.0 Å². The Bertz CT molecular complexity index is 356. The average Bonchev–Trinajstić information content (AvgIpc) is 2.09. The molecule has 0 heterocycles. The fraction of sp³-hybridized carbons (Fsp3) is 0.909. The molecule has 0 aliphatic rings. The van der Waals surface area contributed by atoms with Crippen molar-refractivity contribution in [2.45, 2.75) is 45.4 Å². The first-order chi connectivity index (χ1) is 7.47. The zero-order valence-corrected chi connectivity index (χ0v) is 13.0. The molecule has 0 unspecified atom stereocenters. The fourth-order valence-corrected chi connectivity index (χ4v) is 2.52. The highest BCUT2D eigenvalue weighted by Crippen LogP contribution is 2.16. The maximum Gasteiger partial charge on any atom is 0.156 e. The van der Waals surface area contributed by atoms with Crippen LogP contribution in [0.2, 0.25) is 0 Å². The SMILES string of the molecule is CC(C)N(CCS(=O)(=O)C(C)(C)C)CC(N)=S. The summed E-state index contributed by atoms with van der Waals surface area (Å²) in [7, 11) is -3.09. The molecular formula is C11H24N2O2S2. The van der Waals surface area contributed by atoms with Crippen LogP contribution in [0.5, 0.6) is 0 Å². The van der Waals surface area contributed by atoms with Crippen LogP contribution in [0, 0.1) is 0 Å². The molecular weight excluding hydrogens is 256 g/mol. The van der Waals surface area contributed by atoms with Crippen molar-refractivity contribution in [3.63, 3.8) is 0 Å². The Hall–Kier alpha value is -0.200. The van der Waals surface area contributed by atoms with Crippen LogP contribution in [-0.4, -0.2) is 47.9 Å². The van der Waals surface area contributed by atoms with Gasteiger partial charge in [0.25, 0.3) is 0 Å². The topological polar surface area (TPSA) is 63.4 Å². The third kappa shape index (κ3) is 5.79. The first kappa shape index (κ1) is 16.8. The summed E-state index contributed by atoms with van der Waals surface area (Å²) in [6, 6.07) is 0.228. The number of hydrogen-bond acceptors (Lipinski definition) is 4. The summed E-state index contributed by atoms with van der Waals surface area (Å²) >= 11 is 4.86. The quantitative estimate of drug-likeness (QED) is 0.741. The summed E-state index contributed by atoms with van der Waals surface area (Å²) in [5.41, 5.74) is 5.50. The van der Waals surface area contributed by atoms with E-state index in [0.29, 0.717) is 18.1 Å². The predicted molar refractivity (Wildman–Crippen MR) is 77.0 cm³/mol. The van der Waals surface area contributed by atoms with Gasteiger partial charge in [-0.15, -0.1) is 0 Å². The lowest BCUT2D eigenvalue weighted by molar-refractivity contribution is 0.268. The Morgan fingerprint density at radius 3 is 2.12 bits per heavy atom. The second-order valence-corrected chi connectivity index (χ2v) is 8.85. The van der Waals surface area contributed by atoms with Crippen molar-refractivity contribution < 1.29 is 8.42 Å². The number of sulfone groups is 1. The Kier molecular flexibility index (Phi) is 6.04. The Morgan fingerprint density at radius 1 is 1.35 bits per heavy atom. The van der Waals surface area contributed by atoms with Crippen molar-refractivity contribution in [3.8, 4) is 0 Å². The summed E-state index contributed by atoms with van der Waals surface area (Å²) in [5, 5.41) is 0. The molecule has 0 aromatic carbocycles. The van der Waals surface area contributed by atoms with Gasteiger partial charge < -0.3 is 5.73 Å². The van der Waals surface area contributed by atoms with Gasteiger partial charge in [0.05, 0.1) is 15.5 Å². The van der Waals surface area contributed by atoms with Crippen LogP contribution in [-0.2, 0) is 9.84 Å². The average molecular weight is 280 g/mol. The summed E-state index contributed by atoms with van der Waals surface area (Å²) in [6.07, 6.45) is 0. The molecule has 0 aromatic heterocycles. The van der Waals surface area contributed by atoms with Gasteiger partial charge in [0.1, 0.15) is 0 Å². The number of hydrogen-bond donors (Lipinski definition) is 1. The van der Waals surface area contributed by atoms with E-state index in [-0.39, 0.29) is 11.8 Å². The van der Waals surface area contributed by atoms with Crippen LogP contribution < -0.4 is 5.73 Å². The molecule has 0 fully saturated rings. The van der Waals surface area contributed by atoms with Gasteiger partial charge in [-0.1, -0.05) is 12.2 Å². The van der Waals surface area contributed by atoms with Crippen molar-refractivity contribution >= 4 is 27.0 Å². The highest BCUT2D eigenvalue weighted by Gasteiger charge is 2.29. The highest BCUT2D eigenvalue weighted by molar-refractivity contribution is 7.92. The van der Waals surface area contributed by atoms with Crippen LogP contribution in [0.4, 0.5) is 0 Å². The third-order valence-electron chi connectivity index (χ3n) is 2.67. The highest BCUT2D eigenvalue weighted by atomic mass is 32.2. The Labute approximate surface area is 110 Å². The van der Waals surface area contributed by atoms with Gasteiger partial charge in [0.2, 0.25) is 0 Å². The lowest BCUT2D eigenvalue weighted by atomic mass is 10.3. The Balaban J connectivity index is 4.57. The second kappa shape index (κ2) is 6.11. The number of rotatable bonds is 6. The zero-order valence-electron chi connectivity index (χ0n) is 11.4. The zero-order chi connectivity index (χ0) is 13.9. The smallest absolute Gasteiger partial charge is 0.156 e. The fourth-order valence-electron chi connectivity index (χ4n) is 1.26. The normalized spacial score (nSPS) is 13.4. The molecule has 0 atom stereocenters. The van der Waals surface area contributed by atoms with Gasteiger partial charge in [0, 0.05) is 19.1 Å². The van der Waals surface area contributed by atoms with Crippen LogP contribution in [0.15, 0.2) is 0 Å². The van der Waals surface area contributed by atoms with E-state index in [1.807, 2.05) is 18.7 Å². The molecule has 6 heteroatoms. The number of nitrogens with zero attached hydrogens (tertiary/aromatic N) is 1. The van der Waals surface area contributed by atoms with Crippen molar-refractivity contribution in [3.05, 3.63) is 0 Å². The van der Waals surface area contributed by atoms with E-state index in [1.54, 1.807) is 20.8 Å². The third-order valence-corrected chi connectivity index (χ3v) is 5.38. The maximum atomic E-state index is 12.0. The monoisotopic (exact) mass is 280 g/mol. The van der Waals surface area contributed by atoms with Gasteiger partial charge in [-0.05, 0) is 34.6 Å². The molecule has 0 saturated heterocycles. The van der Waals surface area contributed by atoms with Crippen LogP contribution in [0.1, 0.15) is 34.6 Å². The van der Waals surface area contributed by atoms with Crippen molar-refractivity contribution in [1.82, 2.24) is 4.90 Å². The standard InChI is InChI=1S/C11H24N2O2S2/c1-9(2)13(8-10(12)16)6-7-17(14,15)11(3,4)5/h9H,6-8H2,1-5H3,(H2,12,16). The molecule has 0 aliphatic heterocycles. The van der Waals surface area contributed by atoms with E-state index >= 15 is 0 Å². The van der Waals surface area contributed by atoms with E-state index in [9.17, 15) is 8.42 Å². The summed E-state index contributed by atoms with van der Waals surface area (Å²) < 4.78 is 23.2. The molecule has 2 N–H and O–H groups in total. The molecule has 4 nitrogen and oxygen atoms in total.